The minimum absolute atomic E-state index is 0.107. The number of aliphatic hydroxyl groups is 2. The highest BCUT2D eigenvalue weighted by atomic mass is 16.6. The molecule has 0 amide bonds. The van der Waals surface area contributed by atoms with E-state index in [-0.39, 0.29) is 6.10 Å². The van der Waals surface area contributed by atoms with E-state index in [4.69, 9.17) is 24.4 Å². The Labute approximate surface area is 122 Å². The van der Waals surface area contributed by atoms with E-state index in [1.54, 1.807) is 0 Å². The smallest absolute Gasteiger partial charge is 0.104 e. The molecule has 2 aliphatic heterocycles. The molecule has 2 N–H and O–H groups in total. The first kappa shape index (κ1) is 17.9. The van der Waals surface area contributed by atoms with Gasteiger partial charge >= 0.3 is 0 Å². The van der Waals surface area contributed by atoms with Crippen molar-refractivity contribution in [1.29, 1.82) is 0 Å². The minimum Gasteiger partial charge on any atom is -0.396 e. The first-order chi connectivity index (χ1) is 9.76. The number of unbranched alkanes of at least 4 members (excludes halogenated alkanes) is 3. The second-order valence-electron chi connectivity index (χ2n) is 5.44. The van der Waals surface area contributed by atoms with Crippen molar-refractivity contribution in [2.75, 3.05) is 33.0 Å². The van der Waals surface area contributed by atoms with Crippen molar-refractivity contribution in [2.24, 2.45) is 0 Å². The molecule has 0 bridgehead atoms. The average Bonchev–Trinajstić information content (AvgIpc) is 3.33. The molecule has 3 atom stereocenters. The zero-order chi connectivity index (χ0) is 14.6. The molecule has 0 spiro atoms. The standard InChI is InChI=1S/C9H20O2.C6H10O3/c1-2-9(11)7-5-3-4-6-8-10;1(5-3-8-5)7-2-6-4-9-6/h9-11H,2-8H2,1H3;5-6H,1-4H2. The molecule has 0 radical (unpaired) electrons. The summed E-state index contributed by atoms with van der Waals surface area (Å²) in [7, 11) is 0. The summed E-state index contributed by atoms with van der Waals surface area (Å²) in [4.78, 5) is 0. The normalized spacial score (nSPS) is 24.8. The summed E-state index contributed by atoms with van der Waals surface area (Å²) >= 11 is 0. The van der Waals surface area contributed by atoms with Gasteiger partial charge in [0.15, 0.2) is 0 Å². The molecule has 120 valence electrons. The van der Waals surface area contributed by atoms with Crippen LogP contribution in [-0.4, -0.2) is 61.6 Å². The fourth-order valence-electron chi connectivity index (χ4n) is 1.71. The van der Waals surface area contributed by atoms with E-state index in [0.29, 0.717) is 18.8 Å². The molecule has 20 heavy (non-hydrogen) atoms. The molecule has 5 heteroatoms. The molecule has 2 aliphatic rings. The van der Waals surface area contributed by atoms with Crippen LogP contribution in [0.4, 0.5) is 0 Å². The molecule has 2 heterocycles. The van der Waals surface area contributed by atoms with Gasteiger partial charge in [-0.15, -0.1) is 0 Å². The molecule has 2 fully saturated rings. The van der Waals surface area contributed by atoms with Gasteiger partial charge in [-0.05, 0) is 19.3 Å². The van der Waals surface area contributed by atoms with Crippen molar-refractivity contribution in [1.82, 2.24) is 0 Å². The zero-order valence-corrected chi connectivity index (χ0v) is 12.6. The van der Waals surface area contributed by atoms with Gasteiger partial charge < -0.3 is 24.4 Å². The molecule has 0 aromatic rings. The molecule has 3 unspecified atom stereocenters. The fraction of sp³-hybridized carbons (Fsp3) is 1.00. The lowest BCUT2D eigenvalue weighted by molar-refractivity contribution is 0.102. The highest BCUT2D eigenvalue weighted by Gasteiger charge is 2.26. The summed E-state index contributed by atoms with van der Waals surface area (Å²) in [5.41, 5.74) is 0. The van der Waals surface area contributed by atoms with Crippen molar-refractivity contribution < 1.29 is 24.4 Å². The van der Waals surface area contributed by atoms with Crippen molar-refractivity contribution in [3.8, 4) is 0 Å². The number of ether oxygens (including phenoxy) is 3. The lowest BCUT2D eigenvalue weighted by Crippen LogP contribution is -2.06. The topological polar surface area (TPSA) is 74.8 Å². The highest BCUT2D eigenvalue weighted by molar-refractivity contribution is 4.71. The van der Waals surface area contributed by atoms with Gasteiger partial charge in [0, 0.05) is 6.61 Å². The van der Waals surface area contributed by atoms with E-state index < -0.39 is 0 Å². The average molecular weight is 290 g/mol. The van der Waals surface area contributed by atoms with Crippen LogP contribution in [0.1, 0.15) is 45.4 Å². The largest absolute Gasteiger partial charge is 0.396 e. The Hall–Kier alpha value is -0.200. The monoisotopic (exact) mass is 290 g/mol. The number of rotatable bonds is 11. The van der Waals surface area contributed by atoms with Crippen molar-refractivity contribution in [3.63, 3.8) is 0 Å². The van der Waals surface area contributed by atoms with E-state index in [1.807, 2.05) is 6.92 Å². The molecule has 0 aromatic heterocycles. The van der Waals surface area contributed by atoms with Crippen LogP contribution in [0.25, 0.3) is 0 Å². The van der Waals surface area contributed by atoms with Gasteiger partial charge in [0.25, 0.3) is 0 Å². The number of aliphatic hydroxyl groups excluding tert-OH is 2. The molecular formula is C15H30O5. The van der Waals surface area contributed by atoms with Crippen molar-refractivity contribution >= 4 is 0 Å². The molecule has 2 saturated heterocycles. The first-order valence-corrected chi connectivity index (χ1v) is 7.86. The van der Waals surface area contributed by atoms with Crippen LogP contribution in [0.3, 0.4) is 0 Å². The van der Waals surface area contributed by atoms with Crippen LogP contribution < -0.4 is 0 Å². The number of hydrogen-bond donors (Lipinski definition) is 2. The van der Waals surface area contributed by atoms with E-state index in [9.17, 15) is 0 Å². The van der Waals surface area contributed by atoms with Gasteiger partial charge in [0.2, 0.25) is 0 Å². The first-order valence-electron chi connectivity index (χ1n) is 7.86. The second-order valence-corrected chi connectivity index (χ2v) is 5.44. The Morgan fingerprint density at radius 2 is 1.60 bits per heavy atom. The maximum Gasteiger partial charge on any atom is 0.104 e. The van der Waals surface area contributed by atoms with Gasteiger partial charge in [-0.1, -0.05) is 26.2 Å². The summed E-state index contributed by atoms with van der Waals surface area (Å²) in [5, 5.41) is 17.6. The van der Waals surface area contributed by atoms with Crippen LogP contribution in [0.5, 0.6) is 0 Å². The van der Waals surface area contributed by atoms with Gasteiger partial charge in [0.1, 0.15) is 12.2 Å². The van der Waals surface area contributed by atoms with Gasteiger partial charge in [-0.25, -0.2) is 0 Å². The van der Waals surface area contributed by atoms with Gasteiger partial charge in [0.05, 0.1) is 32.5 Å². The lowest BCUT2D eigenvalue weighted by Gasteiger charge is -2.05. The van der Waals surface area contributed by atoms with E-state index in [1.165, 1.54) is 0 Å². The highest BCUT2D eigenvalue weighted by Crippen LogP contribution is 2.12. The van der Waals surface area contributed by atoms with Crippen LogP contribution in [0, 0.1) is 0 Å². The Balaban J connectivity index is 0.000000202. The lowest BCUT2D eigenvalue weighted by atomic mass is 10.1. The number of hydrogen-bond acceptors (Lipinski definition) is 5. The fourth-order valence-corrected chi connectivity index (χ4v) is 1.71. The minimum atomic E-state index is -0.107. The van der Waals surface area contributed by atoms with Crippen LogP contribution in [0.2, 0.25) is 0 Å². The molecule has 0 saturated carbocycles. The zero-order valence-electron chi connectivity index (χ0n) is 12.6. The predicted molar refractivity (Wildman–Crippen MR) is 76.8 cm³/mol. The summed E-state index contributed by atoms with van der Waals surface area (Å²) in [5.74, 6) is 0. The van der Waals surface area contributed by atoms with E-state index in [2.05, 4.69) is 0 Å². The Kier molecular flexibility index (Phi) is 10.2. The Morgan fingerprint density at radius 1 is 1.05 bits per heavy atom. The maximum atomic E-state index is 9.17. The van der Waals surface area contributed by atoms with Crippen molar-refractivity contribution in [2.45, 2.75) is 63.8 Å². The predicted octanol–water partition coefficient (Wildman–Crippen LogP) is 1.50. The van der Waals surface area contributed by atoms with Crippen molar-refractivity contribution in [3.05, 3.63) is 0 Å². The van der Waals surface area contributed by atoms with Gasteiger partial charge in [-0.2, -0.15) is 0 Å². The number of epoxide rings is 2. The third-order valence-corrected chi connectivity index (χ3v) is 3.33. The summed E-state index contributed by atoms with van der Waals surface area (Å²) in [6.45, 7) is 5.56. The molecule has 0 aliphatic carbocycles. The van der Waals surface area contributed by atoms with Crippen LogP contribution in [0.15, 0.2) is 0 Å². The summed E-state index contributed by atoms with van der Waals surface area (Å²) in [6.07, 6.45) is 6.68. The maximum absolute atomic E-state index is 9.17. The SMILES string of the molecule is C(OCC1CO1)C1CO1.CCC(O)CCCCCCO. The molecule has 0 aromatic carbocycles. The van der Waals surface area contributed by atoms with Crippen LogP contribution in [-0.2, 0) is 14.2 Å². The molecule has 5 nitrogen and oxygen atoms in total. The van der Waals surface area contributed by atoms with E-state index >= 15 is 0 Å². The quantitative estimate of drug-likeness (QED) is 0.445. The summed E-state index contributed by atoms with van der Waals surface area (Å²) < 4.78 is 15.1. The third-order valence-electron chi connectivity index (χ3n) is 3.33. The second kappa shape index (κ2) is 11.5. The summed E-state index contributed by atoms with van der Waals surface area (Å²) in [6, 6.07) is 0. The molecule has 2 rings (SSSR count). The molecular weight excluding hydrogens is 260 g/mol. The van der Waals surface area contributed by atoms with Crippen LogP contribution >= 0.6 is 0 Å². The Morgan fingerprint density at radius 3 is 2.05 bits per heavy atom. The Bertz CT molecular complexity index is 204. The third kappa shape index (κ3) is 11.6. The van der Waals surface area contributed by atoms with E-state index in [0.717, 1.165) is 65.0 Å². The van der Waals surface area contributed by atoms with Gasteiger partial charge in [-0.3, -0.25) is 0 Å².